The lowest BCUT2D eigenvalue weighted by Gasteiger charge is -2.07. The van der Waals surface area contributed by atoms with Gasteiger partial charge in [0.05, 0.1) is 19.0 Å². The molecule has 1 rings (SSSR count). The largest absolute Gasteiger partial charge is 0.490 e. The maximum absolute atomic E-state index is 5.52. The highest BCUT2D eigenvalue weighted by Gasteiger charge is 1.96. The smallest absolute Gasteiger partial charge is 0.157 e. The van der Waals surface area contributed by atoms with E-state index in [9.17, 15) is 0 Å². The maximum atomic E-state index is 5.52. The molecule has 0 aliphatic heterocycles. The van der Waals surface area contributed by atoms with Gasteiger partial charge in [0, 0.05) is 13.1 Å². The summed E-state index contributed by atoms with van der Waals surface area (Å²) in [6, 6.07) is 0.573. The number of aromatic nitrogens is 2. The van der Waals surface area contributed by atoms with Crippen LogP contribution in [0.5, 0.6) is 5.75 Å². The van der Waals surface area contributed by atoms with Gasteiger partial charge >= 0.3 is 0 Å². The summed E-state index contributed by atoms with van der Waals surface area (Å²) < 4.78 is 7.27. The molecule has 0 bridgehead atoms. The summed E-state index contributed by atoms with van der Waals surface area (Å²) in [4.78, 5) is 0. The molecule has 0 aliphatic rings. The van der Waals surface area contributed by atoms with Crippen molar-refractivity contribution in [1.29, 1.82) is 0 Å². The molecule has 0 aromatic carbocycles. The molecule has 0 aliphatic carbocycles. The fourth-order valence-electron chi connectivity index (χ4n) is 1.28. The Kier molecular flexibility index (Phi) is 5.18. The predicted octanol–water partition coefficient (Wildman–Crippen LogP) is 1.58. The molecule has 0 saturated heterocycles. The van der Waals surface area contributed by atoms with Gasteiger partial charge in [-0.2, -0.15) is 5.10 Å². The molecule has 15 heavy (non-hydrogen) atoms. The Hall–Kier alpha value is -1.03. The Morgan fingerprint density at radius 3 is 2.87 bits per heavy atom. The van der Waals surface area contributed by atoms with Gasteiger partial charge in [0.25, 0.3) is 0 Å². The van der Waals surface area contributed by atoms with Crippen LogP contribution in [0.25, 0.3) is 0 Å². The van der Waals surface area contributed by atoms with Crippen molar-refractivity contribution in [3.63, 3.8) is 0 Å². The first kappa shape index (κ1) is 12.0. The molecule has 4 heteroatoms. The number of hydrogen-bond acceptors (Lipinski definition) is 3. The molecular formula is C11H21N3O. The van der Waals surface area contributed by atoms with Crippen LogP contribution in [-0.4, -0.2) is 29.0 Å². The molecule has 1 aromatic rings. The van der Waals surface area contributed by atoms with Crippen LogP contribution in [0.2, 0.25) is 0 Å². The Bertz CT molecular complexity index is 271. The molecule has 1 heterocycles. The quantitative estimate of drug-likeness (QED) is 0.696. The fraction of sp³-hybridized carbons (Fsp3) is 0.727. The molecule has 0 saturated carbocycles. The molecule has 1 N–H and O–H groups in total. The minimum Gasteiger partial charge on any atom is -0.490 e. The monoisotopic (exact) mass is 211 g/mol. The summed E-state index contributed by atoms with van der Waals surface area (Å²) in [6.07, 6.45) is 5.85. The number of rotatable bonds is 7. The van der Waals surface area contributed by atoms with E-state index in [0.29, 0.717) is 6.04 Å². The highest BCUT2D eigenvalue weighted by molar-refractivity contribution is 5.10. The third-order valence-corrected chi connectivity index (χ3v) is 2.07. The van der Waals surface area contributed by atoms with Gasteiger partial charge in [0.2, 0.25) is 0 Å². The van der Waals surface area contributed by atoms with E-state index in [0.717, 1.165) is 31.7 Å². The van der Waals surface area contributed by atoms with Crippen molar-refractivity contribution in [2.75, 3.05) is 13.2 Å². The second-order valence-corrected chi connectivity index (χ2v) is 4.01. The zero-order chi connectivity index (χ0) is 11.1. The van der Waals surface area contributed by atoms with E-state index in [1.165, 1.54) is 0 Å². The summed E-state index contributed by atoms with van der Waals surface area (Å²) in [7, 11) is 1.89. The van der Waals surface area contributed by atoms with E-state index in [4.69, 9.17) is 4.74 Å². The number of nitrogens with zero attached hydrogens (tertiary/aromatic N) is 2. The number of unbranched alkanes of at least 4 members (excludes halogenated alkanes) is 1. The highest BCUT2D eigenvalue weighted by atomic mass is 16.5. The van der Waals surface area contributed by atoms with Crippen molar-refractivity contribution in [3.05, 3.63) is 12.4 Å². The molecule has 0 radical (unpaired) electrons. The van der Waals surface area contributed by atoms with Crippen LogP contribution in [0.4, 0.5) is 0 Å². The van der Waals surface area contributed by atoms with Gasteiger partial charge in [-0.3, -0.25) is 4.68 Å². The maximum Gasteiger partial charge on any atom is 0.157 e. The topological polar surface area (TPSA) is 39.1 Å². The second-order valence-electron chi connectivity index (χ2n) is 4.01. The van der Waals surface area contributed by atoms with Gasteiger partial charge in [-0.1, -0.05) is 13.8 Å². The molecular weight excluding hydrogens is 190 g/mol. The fourth-order valence-corrected chi connectivity index (χ4v) is 1.28. The van der Waals surface area contributed by atoms with Crippen LogP contribution < -0.4 is 10.1 Å². The average Bonchev–Trinajstić information content (AvgIpc) is 2.57. The lowest BCUT2D eigenvalue weighted by Crippen LogP contribution is -2.23. The Labute approximate surface area is 91.6 Å². The lowest BCUT2D eigenvalue weighted by atomic mass is 10.3. The summed E-state index contributed by atoms with van der Waals surface area (Å²) in [6.45, 7) is 6.15. The Balaban J connectivity index is 1.98. The molecule has 1 aromatic heterocycles. The molecule has 4 nitrogen and oxygen atoms in total. The van der Waals surface area contributed by atoms with Crippen LogP contribution in [0.15, 0.2) is 12.4 Å². The number of ether oxygens (including phenoxy) is 1. The zero-order valence-electron chi connectivity index (χ0n) is 9.86. The zero-order valence-corrected chi connectivity index (χ0v) is 9.86. The molecule has 86 valence electrons. The van der Waals surface area contributed by atoms with Gasteiger partial charge in [0.1, 0.15) is 0 Å². The molecule has 0 atom stereocenters. The second kappa shape index (κ2) is 6.45. The summed E-state index contributed by atoms with van der Waals surface area (Å²) in [5, 5.41) is 7.41. The van der Waals surface area contributed by atoms with Gasteiger partial charge in [-0.25, -0.2) is 0 Å². The van der Waals surface area contributed by atoms with E-state index < -0.39 is 0 Å². The van der Waals surface area contributed by atoms with Gasteiger partial charge < -0.3 is 10.1 Å². The molecule has 0 fully saturated rings. The standard InChI is InChI=1S/C11H21N3O/c1-10(2)12-6-4-5-7-15-11-8-13-14(3)9-11/h8-10,12H,4-7H2,1-3H3. The Morgan fingerprint density at radius 1 is 1.47 bits per heavy atom. The SMILES string of the molecule is CC(C)NCCCCOc1cnn(C)c1. The van der Waals surface area contributed by atoms with Crippen LogP contribution in [0.3, 0.4) is 0 Å². The third kappa shape index (κ3) is 5.42. The lowest BCUT2D eigenvalue weighted by molar-refractivity contribution is 0.305. The first-order valence-electron chi connectivity index (χ1n) is 5.53. The van der Waals surface area contributed by atoms with Gasteiger partial charge in [-0.15, -0.1) is 0 Å². The predicted molar refractivity (Wildman–Crippen MR) is 61.1 cm³/mol. The van der Waals surface area contributed by atoms with Gasteiger partial charge in [0.15, 0.2) is 5.75 Å². The van der Waals surface area contributed by atoms with Crippen molar-refractivity contribution in [1.82, 2.24) is 15.1 Å². The van der Waals surface area contributed by atoms with E-state index in [-0.39, 0.29) is 0 Å². The minimum atomic E-state index is 0.573. The van der Waals surface area contributed by atoms with Crippen molar-refractivity contribution < 1.29 is 4.74 Å². The summed E-state index contributed by atoms with van der Waals surface area (Å²) in [5.74, 6) is 0.856. The molecule has 0 amide bonds. The van der Waals surface area contributed by atoms with E-state index >= 15 is 0 Å². The van der Waals surface area contributed by atoms with Crippen molar-refractivity contribution >= 4 is 0 Å². The Morgan fingerprint density at radius 2 is 2.27 bits per heavy atom. The minimum absolute atomic E-state index is 0.573. The van der Waals surface area contributed by atoms with Crippen LogP contribution in [0, 0.1) is 0 Å². The highest BCUT2D eigenvalue weighted by Crippen LogP contribution is 2.07. The average molecular weight is 211 g/mol. The summed E-state index contributed by atoms with van der Waals surface area (Å²) >= 11 is 0. The van der Waals surface area contributed by atoms with Crippen LogP contribution >= 0.6 is 0 Å². The first-order valence-corrected chi connectivity index (χ1v) is 5.53. The molecule has 0 spiro atoms. The van der Waals surface area contributed by atoms with E-state index in [1.807, 2.05) is 13.2 Å². The molecule has 0 unspecified atom stereocenters. The van der Waals surface area contributed by atoms with Crippen molar-refractivity contribution in [3.8, 4) is 5.75 Å². The number of aryl methyl sites for hydroxylation is 1. The van der Waals surface area contributed by atoms with Crippen LogP contribution in [-0.2, 0) is 7.05 Å². The van der Waals surface area contributed by atoms with E-state index in [1.54, 1.807) is 10.9 Å². The van der Waals surface area contributed by atoms with Crippen LogP contribution in [0.1, 0.15) is 26.7 Å². The van der Waals surface area contributed by atoms with Crippen molar-refractivity contribution in [2.24, 2.45) is 7.05 Å². The third-order valence-electron chi connectivity index (χ3n) is 2.07. The van der Waals surface area contributed by atoms with E-state index in [2.05, 4.69) is 24.3 Å². The van der Waals surface area contributed by atoms with Gasteiger partial charge in [-0.05, 0) is 19.4 Å². The number of hydrogen-bond donors (Lipinski definition) is 1. The number of nitrogens with one attached hydrogen (secondary N) is 1. The van der Waals surface area contributed by atoms with Crippen molar-refractivity contribution in [2.45, 2.75) is 32.7 Å². The first-order chi connectivity index (χ1) is 7.18. The normalized spacial score (nSPS) is 10.9. The summed E-state index contributed by atoms with van der Waals surface area (Å²) in [5.41, 5.74) is 0.